The van der Waals surface area contributed by atoms with Gasteiger partial charge in [0.1, 0.15) is 18.0 Å². The molecule has 2 N–H and O–H groups in total. The van der Waals surface area contributed by atoms with E-state index in [2.05, 4.69) is 34.4 Å². The molecule has 0 bridgehead atoms. The highest BCUT2D eigenvalue weighted by molar-refractivity contribution is 5.95. The standard InChI is InChI=1S/C17H22N4O/c1-12(2)7-8-18-16-10-17(20-11-19-16)21-15-6-4-5-14(9-15)13(3)22/h4-6,9-12H,7-8H2,1-3H3,(H2,18,19,20,21). The van der Waals surface area contributed by atoms with Crippen molar-refractivity contribution in [3.8, 4) is 0 Å². The van der Waals surface area contributed by atoms with E-state index < -0.39 is 0 Å². The molecule has 0 radical (unpaired) electrons. The van der Waals surface area contributed by atoms with Crippen LogP contribution in [0.4, 0.5) is 17.3 Å². The molecule has 0 saturated heterocycles. The van der Waals surface area contributed by atoms with E-state index in [4.69, 9.17) is 0 Å². The third-order valence-electron chi connectivity index (χ3n) is 3.24. The number of carbonyl (C=O) groups is 1. The summed E-state index contributed by atoms with van der Waals surface area (Å²) in [6.07, 6.45) is 2.61. The molecule has 5 nitrogen and oxygen atoms in total. The number of Topliss-reactive ketones (excluding diaryl/α,β-unsaturated/α-hetero) is 1. The molecule has 0 aliphatic heterocycles. The van der Waals surface area contributed by atoms with Gasteiger partial charge in [-0.05, 0) is 31.4 Å². The topological polar surface area (TPSA) is 66.9 Å². The third kappa shape index (κ3) is 4.84. The number of anilines is 3. The normalized spacial score (nSPS) is 10.5. The summed E-state index contributed by atoms with van der Waals surface area (Å²) >= 11 is 0. The summed E-state index contributed by atoms with van der Waals surface area (Å²) in [7, 11) is 0. The van der Waals surface area contributed by atoms with Crippen LogP contribution in [-0.2, 0) is 0 Å². The third-order valence-corrected chi connectivity index (χ3v) is 3.24. The molecule has 2 aromatic rings. The van der Waals surface area contributed by atoms with Gasteiger partial charge in [0.15, 0.2) is 5.78 Å². The van der Waals surface area contributed by atoms with Gasteiger partial charge in [0, 0.05) is 23.9 Å². The largest absolute Gasteiger partial charge is 0.370 e. The van der Waals surface area contributed by atoms with Crippen molar-refractivity contribution >= 4 is 23.1 Å². The summed E-state index contributed by atoms with van der Waals surface area (Å²) in [5.74, 6) is 2.19. The molecule has 1 aromatic heterocycles. The van der Waals surface area contributed by atoms with Gasteiger partial charge in [0.05, 0.1) is 0 Å². The summed E-state index contributed by atoms with van der Waals surface area (Å²) in [5.41, 5.74) is 1.51. The molecule has 0 aliphatic carbocycles. The number of hydrogen-bond acceptors (Lipinski definition) is 5. The Morgan fingerprint density at radius 2 is 1.95 bits per heavy atom. The number of hydrogen-bond donors (Lipinski definition) is 2. The van der Waals surface area contributed by atoms with Crippen LogP contribution in [0.3, 0.4) is 0 Å². The lowest BCUT2D eigenvalue weighted by Gasteiger charge is -2.10. The van der Waals surface area contributed by atoms with Crippen molar-refractivity contribution in [1.29, 1.82) is 0 Å². The van der Waals surface area contributed by atoms with Gasteiger partial charge < -0.3 is 10.6 Å². The summed E-state index contributed by atoms with van der Waals surface area (Å²) < 4.78 is 0. The Morgan fingerprint density at radius 1 is 1.18 bits per heavy atom. The Hall–Kier alpha value is -2.43. The Bertz CT molecular complexity index is 640. The lowest BCUT2D eigenvalue weighted by atomic mass is 10.1. The molecule has 0 spiro atoms. The average molecular weight is 298 g/mol. The van der Waals surface area contributed by atoms with E-state index in [1.165, 1.54) is 6.33 Å². The maximum atomic E-state index is 11.4. The number of nitrogens with one attached hydrogen (secondary N) is 2. The van der Waals surface area contributed by atoms with Crippen molar-refractivity contribution in [2.45, 2.75) is 27.2 Å². The maximum Gasteiger partial charge on any atom is 0.159 e. The highest BCUT2D eigenvalue weighted by Gasteiger charge is 2.03. The molecule has 0 unspecified atom stereocenters. The Balaban J connectivity index is 2.03. The highest BCUT2D eigenvalue weighted by atomic mass is 16.1. The fourth-order valence-electron chi connectivity index (χ4n) is 1.98. The number of ketones is 1. The Morgan fingerprint density at radius 3 is 2.68 bits per heavy atom. The van der Waals surface area contributed by atoms with Crippen LogP contribution in [0.25, 0.3) is 0 Å². The number of carbonyl (C=O) groups excluding carboxylic acids is 1. The summed E-state index contributed by atoms with van der Waals surface area (Å²) in [6, 6.07) is 9.23. The minimum absolute atomic E-state index is 0.0439. The molecule has 0 amide bonds. The van der Waals surface area contributed by atoms with E-state index in [0.717, 1.165) is 24.5 Å². The van der Waals surface area contributed by atoms with Crippen LogP contribution in [0.1, 0.15) is 37.6 Å². The van der Waals surface area contributed by atoms with E-state index in [0.29, 0.717) is 17.3 Å². The summed E-state index contributed by atoms with van der Waals surface area (Å²) in [6.45, 7) is 6.82. The first kappa shape index (κ1) is 15.9. The highest BCUT2D eigenvalue weighted by Crippen LogP contribution is 2.18. The fourth-order valence-corrected chi connectivity index (χ4v) is 1.98. The van der Waals surface area contributed by atoms with Gasteiger partial charge in [0.2, 0.25) is 0 Å². The molecule has 1 heterocycles. The molecular weight excluding hydrogens is 276 g/mol. The zero-order valence-corrected chi connectivity index (χ0v) is 13.3. The van der Waals surface area contributed by atoms with Crippen LogP contribution in [0.5, 0.6) is 0 Å². The average Bonchev–Trinajstić information content (AvgIpc) is 2.47. The van der Waals surface area contributed by atoms with Crippen LogP contribution in [-0.4, -0.2) is 22.3 Å². The Kier molecular flexibility index (Phi) is 5.47. The van der Waals surface area contributed by atoms with E-state index in [1.807, 2.05) is 24.3 Å². The number of rotatable bonds is 7. The first-order valence-electron chi connectivity index (χ1n) is 7.48. The molecule has 0 atom stereocenters. The van der Waals surface area contributed by atoms with Crippen LogP contribution in [0, 0.1) is 5.92 Å². The van der Waals surface area contributed by atoms with Gasteiger partial charge in [-0.15, -0.1) is 0 Å². The van der Waals surface area contributed by atoms with E-state index in [-0.39, 0.29) is 5.78 Å². The lowest BCUT2D eigenvalue weighted by Crippen LogP contribution is -2.07. The second kappa shape index (κ2) is 7.54. The first-order chi connectivity index (χ1) is 10.5. The quantitative estimate of drug-likeness (QED) is 0.759. The molecule has 0 saturated carbocycles. The van der Waals surface area contributed by atoms with Gasteiger partial charge in [0.25, 0.3) is 0 Å². The zero-order valence-electron chi connectivity index (χ0n) is 13.3. The molecule has 1 aromatic carbocycles. The van der Waals surface area contributed by atoms with Gasteiger partial charge in [-0.3, -0.25) is 4.79 Å². The van der Waals surface area contributed by atoms with Crippen LogP contribution in [0.2, 0.25) is 0 Å². The predicted molar refractivity (Wildman–Crippen MR) is 89.7 cm³/mol. The van der Waals surface area contributed by atoms with Gasteiger partial charge in [-0.1, -0.05) is 26.0 Å². The van der Waals surface area contributed by atoms with Crippen molar-refractivity contribution in [3.05, 3.63) is 42.2 Å². The number of aromatic nitrogens is 2. The molecule has 5 heteroatoms. The van der Waals surface area contributed by atoms with E-state index >= 15 is 0 Å². The second-order valence-electron chi connectivity index (χ2n) is 5.66. The zero-order chi connectivity index (χ0) is 15.9. The van der Waals surface area contributed by atoms with Crippen LogP contribution >= 0.6 is 0 Å². The molecule has 0 fully saturated rings. The van der Waals surface area contributed by atoms with Crippen molar-refractivity contribution in [1.82, 2.24) is 9.97 Å². The number of nitrogens with zero attached hydrogens (tertiary/aromatic N) is 2. The molecular formula is C17H22N4O. The molecule has 22 heavy (non-hydrogen) atoms. The molecule has 0 aliphatic rings. The minimum Gasteiger partial charge on any atom is -0.370 e. The van der Waals surface area contributed by atoms with Crippen molar-refractivity contribution < 1.29 is 4.79 Å². The fraction of sp³-hybridized carbons (Fsp3) is 0.353. The molecule has 116 valence electrons. The van der Waals surface area contributed by atoms with Crippen LogP contribution < -0.4 is 10.6 Å². The Labute approximate surface area is 131 Å². The van der Waals surface area contributed by atoms with Crippen molar-refractivity contribution in [2.75, 3.05) is 17.2 Å². The van der Waals surface area contributed by atoms with Crippen molar-refractivity contribution in [2.24, 2.45) is 5.92 Å². The van der Waals surface area contributed by atoms with Gasteiger partial charge in [-0.2, -0.15) is 0 Å². The first-order valence-corrected chi connectivity index (χ1v) is 7.48. The van der Waals surface area contributed by atoms with Gasteiger partial charge >= 0.3 is 0 Å². The summed E-state index contributed by atoms with van der Waals surface area (Å²) in [5, 5.41) is 6.48. The van der Waals surface area contributed by atoms with E-state index in [9.17, 15) is 4.79 Å². The monoisotopic (exact) mass is 298 g/mol. The lowest BCUT2D eigenvalue weighted by molar-refractivity contribution is 0.101. The SMILES string of the molecule is CC(=O)c1cccc(Nc2cc(NCCC(C)C)ncn2)c1. The second-order valence-corrected chi connectivity index (χ2v) is 5.66. The number of benzene rings is 1. The maximum absolute atomic E-state index is 11.4. The predicted octanol–water partition coefficient (Wildman–Crippen LogP) is 3.88. The van der Waals surface area contributed by atoms with Crippen LogP contribution in [0.15, 0.2) is 36.7 Å². The van der Waals surface area contributed by atoms with E-state index in [1.54, 1.807) is 13.0 Å². The minimum atomic E-state index is 0.0439. The van der Waals surface area contributed by atoms with Crippen molar-refractivity contribution in [3.63, 3.8) is 0 Å². The van der Waals surface area contributed by atoms with Gasteiger partial charge in [-0.25, -0.2) is 9.97 Å². The molecule has 2 rings (SSSR count). The smallest absolute Gasteiger partial charge is 0.159 e. The summed E-state index contributed by atoms with van der Waals surface area (Å²) in [4.78, 5) is 19.8.